The van der Waals surface area contributed by atoms with Crippen LogP contribution in [0.5, 0.6) is 0 Å². The van der Waals surface area contributed by atoms with E-state index in [1.807, 2.05) is 5.43 Å². The molecule has 0 spiro atoms. The van der Waals surface area contributed by atoms with Crippen LogP contribution in [0.2, 0.25) is 0 Å². The van der Waals surface area contributed by atoms with Gasteiger partial charge in [-0.1, -0.05) is 6.07 Å². The van der Waals surface area contributed by atoms with Gasteiger partial charge in [0.1, 0.15) is 17.2 Å². The molecule has 2 amide bonds. The molecule has 0 radical (unpaired) electrons. The third kappa shape index (κ3) is 2.94. The van der Waals surface area contributed by atoms with Gasteiger partial charge in [0.25, 0.3) is 11.8 Å². The van der Waals surface area contributed by atoms with Crippen LogP contribution in [0.25, 0.3) is 0 Å². The lowest BCUT2D eigenvalue weighted by Gasteiger charge is -2.08. The zero-order valence-corrected chi connectivity index (χ0v) is 10.1. The minimum absolute atomic E-state index is 0.245. The first-order chi connectivity index (χ1) is 9.59. The van der Waals surface area contributed by atoms with Gasteiger partial charge in [-0.25, -0.2) is 8.78 Å². The van der Waals surface area contributed by atoms with E-state index in [0.717, 1.165) is 18.2 Å². The third-order valence-electron chi connectivity index (χ3n) is 2.42. The Balaban J connectivity index is 2.05. The summed E-state index contributed by atoms with van der Waals surface area (Å²) >= 11 is 0. The number of halogens is 2. The first-order valence-corrected chi connectivity index (χ1v) is 5.54. The summed E-state index contributed by atoms with van der Waals surface area (Å²) in [5.74, 6) is -3.73. The van der Waals surface area contributed by atoms with Gasteiger partial charge in [0.15, 0.2) is 0 Å². The summed E-state index contributed by atoms with van der Waals surface area (Å²) in [5.41, 5.74) is 3.48. The summed E-state index contributed by atoms with van der Waals surface area (Å²) in [7, 11) is 0. The van der Waals surface area contributed by atoms with Crippen molar-refractivity contribution in [2.24, 2.45) is 0 Å². The standard InChI is InChI=1S/C13H9F2N3O2/c14-9-2-1-3-10(15)11(9)13(20)18-17-12(19)8-4-6-16-7-5-8/h1-7H,(H,17,19)(H,18,20). The van der Waals surface area contributed by atoms with E-state index in [9.17, 15) is 18.4 Å². The monoisotopic (exact) mass is 277 g/mol. The van der Waals surface area contributed by atoms with Crippen molar-refractivity contribution in [2.75, 3.05) is 0 Å². The Morgan fingerprint density at radius 2 is 1.45 bits per heavy atom. The van der Waals surface area contributed by atoms with Crippen LogP contribution in [-0.2, 0) is 0 Å². The average Bonchev–Trinajstić information content (AvgIpc) is 2.45. The Bertz CT molecular complexity index is 627. The lowest BCUT2D eigenvalue weighted by molar-refractivity contribution is 0.0841. The molecule has 0 aliphatic heterocycles. The summed E-state index contributed by atoms with van der Waals surface area (Å²) in [6.07, 6.45) is 2.79. The highest BCUT2D eigenvalue weighted by molar-refractivity contribution is 5.99. The molecule has 1 aromatic heterocycles. The number of nitrogens with one attached hydrogen (secondary N) is 2. The van der Waals surface area contributed by atoms with Crippen LogP contribution in [-0.4, -0.2) is 16.8 Å². The zero-order valence-electron chi connectivity index (χ0n) is 10.1. The summed E-state index contributed by atoms with van der Waals surface area (Å²) in [4.78, 5) is 26.9. The molecule has 1 heterocycles. The van der Waals surface area contributed by atoms with Gasteiger partial charge >= 0.3 is 0 Å². The number of hydrogen-bond acceptors (Lipinski definition) is 3. The second kappa shape index (κ2) is 5.87. The molecule has 2 rings (SSSR count). The molecule has 0 bridgehead atoms. The number of hydrogen-bond donors (Lipinski definition) is 2. The van der Waals surface area contributed by atoms with Crippen LogP contribution < -0.4 is 10.9 Å². The van der Waals surface area contributed by atoms with E-state index in [0.29, 0.717) is 0 Å². The topological polar surface area (TPSA) is 71.1 Å². The van der Waals surface area contributed by atoms with Crippen molar-refractivity contribution in [2.45, 2.75) is 0 Å². The van der Waals surface area contributed by atoms with Crippen LogP contribution in [0, 0.1) is 11.6 Å². The molecule has 0 aliphatic carbocycles. The molecular formula is C13H9F2N3O2. The second-order valence-electron chi connectivity index (χ2n) is 3.74. The molecular weight excluding hydrogens is 268 g/mol. The maximum Gasteiger partial charge on any atom is 0.275 e. The van der Waals surface area contributed by atoms with Crippen molar-refractivity contribution < 1.29 is 18.4 Å². The number of pyridine rings is 1. The number of hydrazine groups is 1. The molecule has 5 nitrogen and oxygen atoms in total. The Kier molecular flexibility index (Phi) is 3.99. The predicted molar refractivity (Wildman–Crippen MR) is 65.5 cm³/mol. The molecule has 20 heavy (non-hydrogen) atoms. The number of nitrogens with zero attached hydrogens (tertiary/aromatic N) is 1. The van der Waals surface area contributed by atoms with Crippen molar-refractivity contribution in [3.05, 3.63) is 65.5 Å². The van der Waals surface area contributed by atoms with E-state index < -0.39 is 29.0 Å². The molecule has 0 unspecified atom stereocenters. The van der Waals surface area contributed by atoms with Gasteiger partial charge in [-0.15, -0.1) is 0 Å². The number of benzene rings is 1. The van der Waals surface area contributed by atoms with Gasteiger partial charge in [-0.05, 0) is 24.3 Å². The average molecular weight is 277 g/mol. The fraction of sp³-hybridized carbons (Fsp3) is 0. The SMILES string of the molecule is O=C(NNC(=O)c1c(F)cccc1F)c1ccncc1. The van der Waals surface area contributed by atoms with Gasteiger partial charge in [-0.3, -0.25) is 25.4 Å². The molecule has 0 fully saturated rings. The molecule has 7 heteroatoms. The van der Waals surface area contributed by atoms with Crippen molar-refractivity contribution in [1.82, 2.24) is 15.8 Å². The summed E-state index contributed by atoms with van der Waals surface area (Å²) in [6.45, 7) is 0. The largest absolute Gasteiger partial charge is 0.275 e. The van der Waals surface area contributed by atoms with E-state index in [-0.39, 0.29) is 5.56 Å². The molecule has 2 aromatic rings. The molecule has 0 atom stereocenters. The van der Waals surface area contributed by atoms with E-state index in [4.69, 9.17) is 0 Å². The number of carbonyl (C=O) groups excluding carboxylic acids is 2. The fourth-order valence-corrected chi connectivity index (χ4v) is 1.47. The Hall–Kier alpha value is -2.83. The summed E-state index contributed by atoms with van der Waals surface area (Å²) < 4.78 is 26.7. The Morgan fingerprint density at radius 1 is 0.900 bits per heavy atom. The van der Waals surface area contributed by atoms with Crippen molar-refractivity contribution >= 4 is 11.8 Å². The highest BCUT2D eigenvalue weighted by Gasteiger charge is 2.17. The molecule has 0 saturated heterocycles. The minimum atomic E-state index is -1.08. The van der Waals surface area contributed by atoms with E-state index >= 15 is 0 Å². The molecule has 0 saturated carbocycles. The number of aromatic nitrogens is 1. The van der Waals surface area contributed by atoms with Crippen molar-refractivity contribution in [1.29, 1.82) is 0 Å². The zero-order chi connectivity index (χ0) is 14.5. The maximum absolute atomic E-state index is 13.3. The Morgan fingerprint density at radius 3 is 2.05 bits per heavy atom. The normalized spacial score (nSPS) is 9.90. The van der Waals surface area contributed by atoms with Gasteiger partial charge in [-0.2, -0.15) is 0 Å². The molecule has 2 N–H and O–H groups in total. The van der Waals surface area contributed by atoms with Crippen LogP contribution in [0.3, 0.4) is 0 Å². The highest BCUT2D eigenvalue weighted by atomic mass is 19.1. The highest BCUT2D eigenvalue weighted by Crippen LogP contribution is 2.11. The van der Waals surface area contributed by atoms with Gasteiger partial charge in [0, 0.05) is 18.0 Å². The van der Waals surface area contributed by atoms with Gasteiger partial charge < -0.3 is 0 Å². The van der Waals surface area contributed by atoms with Crippen LogP contribution in [0.15, 0.2) is 42.7 Å². The van der Waals surface area contributed by atoms with Gasteiger partial charge in [0.05, 0.1) is 0 Å². The van der Waals surface area contributed by atoms with E-state index in [1.165, 1.54) is 24.5 Å². The first-order valence-electron chi connectivity index (χ1n) is 5.54. The van der Waals surface area contributed by atoms with Crippen molar-refractivity contribution in [3.8, 4) is 0 Å². The molecule has 102 valence electrons. The Labute approximate surface area is 112 Å². The van der Waals surface area contributed by atoms with E-state index in [2.05, 4.69) is 10.4 Å². The lowest BCUT2D eigenvalue weighted by Crippen LogP contribution is -2.42. The second-order valence-corrected chi connectivity index (χ2v) is 3.74. The summed E-state index contributed by atoms with van der Waals surface area (Å²) in [5, 5.41) is 0. The van der Waals surface area contributed by atoms with Crippen LogP contribution in [0.4, 0.5) is 8.78 Å². The summed E-state index contributed by atoms with van der Waals surface area (Å²) in [6, 6.07) is 5.87. The lowest BCUT2D eigenvalue weighted by atomic mass is 10.2. The third-order valence-corrected chi connectivity index (χ3v) is 2.42. The number of amides is 2. The molecule has 0 aliphatic rings. The maximum atomic E-state index is 13.3. The number of carbonyl (C=O) groups is 2. The minimum Gasteiger partial charge on any atom is -0.267 e. The smallest absolute Gasteiger partial charge is 0.267 e. The van der Waals surface area contributed by atoms with Crippen LogP contribution >= 0.6 is 0 Å². The number of rotatable bonds is 2. The predicted octanol–water partition coefficient (Wildman–Crippen LogP) is 1.43. The van der Waals surface area contributed by atoms with Gasteiger partial charge in [0.2, 0.25) is 0 Å². The van der Waals surface area contributed by atoms with E-state index in [1.54, 1.807) is 0 Å². The van der Waals surface area contributed by atoms with Crippen molar-refractivity contribution in [3.63, 3.8) is 0 Å². The van der Waals surface area contributed by atoms with Crippen LogP contribution in [0.1, 0.15) is 20.7 Å². The molecule has 1 aromatic carbocycles. The fourth-order valence-electron chi connectivity index (χ4n) is 1.47. The first kappa shape index (κ1) is 13.6. The quantitative estimate of drug-likeness (QED) is 0.816.